The first-order valence-electron chi connectivity index (χ1n) is 7.95. The summed E-state index contributed by atoms with van der Waals surface area (Å²) in [6.07, 6.45) is 6.17. The van der Waals surface area contributed by atoms with Gasteiger partial charge in [-0.15, -0.1) is 24.0 Å². The number of fused-ring (bicyclic) bond motifs is 3. The molecule has 0 aliphatic heterocycles. The molecular weight excluding hydrogens is 373 g/mol. The summed E-state index contributed by atoms with van der Waals surface area (Å²) >= 11 is 0. The van der Waals surface area contributed by atoms with Gasteiger partial charge in [0.2, 0.25) is 0 Å². The summed E-state index contributed by atoms with van der Waals surface area (Å²) in [7, 11) is 0. The second kappa shape index (κ2) is 7.47. The van der Waals surface area contributed by atoms with E-state index in [-0.39, 0.29) is 24.0 Å². The second-order valence-electron chi connectivity index (χ2n) is 6.09. The Labute approximate surface area is 144 Å². The van der Waals surface area contributed by atoms with Crippen LogP contribution in [-0.2, 0) is 6.42 Å². The third-order valence-electron chi connectivity index (χ3n) is 4.65. The summed E-state index contributed by atoms with van der Waals surface area (Å²) in [5.41, 5.74) is 9.03. The fourth-order valence-corrected chi connectivity index (χ4v) is 3.50. The Hall–Kier alpha value is -0.780. The predicted octanol–water partition coefficient (Wildman–Crippen LogP) is 3.43. The topological polar surface area (TPSA) is 50.4 Å². The number of hydrogen-bond donors (Lipinski definition) is 2. The molecule has 0 spiro atoms. The molecule has 4 heteroatoms. The van der Waals surface area contributed by atoms with E-state index in [0.29, 0.717) is 17.9 Å². The lowest BCUT2D eigenvalue weighted by Gasteiger charge is -2.10. The standard InChI is InChI=1S/C17H25N3.HI/c1-2-3-4-7-10-19-17(18)20-16-14-11-12-8-5-6-9-13(12)15(14)16;/h5-6,8-9,14-16H,2-4,7,10-11H2,1H3,(H3,18,19,20);1H. The first-order valence-corrected chi connectivity index (χ1v) is 7.95. The highest BCUT2D eigenvalue weighted by atomic mass is 127. The van der Waals surface area contributed by atoms with Crippen molar-refractivity contribution < 1.29 is 0 Å². The lowest BCUT2D eigenvalue weighted by Crippen LogP contribution is -2.35. The number of unbranched alkanes of at least 4 members (excludes halogenated alkanes) is 3. The number of rotatable bonds is 6. The minimum Gasteiger partial charge on any atom is -0.370 e. The average Bonchev–Trinajstić information content (AvgIpc) is 2.96. The Kier molecular flexibility index (Phi) is 5.90. The van der Waals surface area contributed by atoms with Crippen LogP contribution in [0.3, 0.4) is 0 Å². The van der Waals surface area contributed by atoms with E-state index in [9.17, 15) is 0 Å². The molecule has 0 bridgehead atoms. The number of nitrogens with one attached hydrogen (secondary N) is 1. The average molecular weight is 399 g/mol. The van der Waals surface area contributed by atoms with Gasteiger partial charge in [0.15, 0.2) is 5.96 Å². The third-order valence-corrected chi connectivity index (χ3v) is 4.65. The minimum absolute atomic E-state index is 0. The van der Waals surface area contributed by atoms with Gasteiger partial charge in [0.25, 0.3) is 0 Å². The van der Waals surface area contributed by atoms with Crippen molar-refractivity contribution in [2.75, 3.05) is 6.54 Å². The Morgan fingerprint density at radius 1 is 1.29 bits per heavy atom. The maximum Gasteiger partial charge on any atom is 0.188 e. The molecule has 3 unspecified atom stereocenters. The highest BCUT2D eigenvalue weighted by Gasteiger charge is 2.55. The zero-order valence-corrected chi connectivity index (χ0v) is 15.0. The molecule has 0 aromatic heterocycles. The van der Waals surface area contributed by atoms with Crippen LogP contribution >= 0.6 is 24.0 Å². The number of halogens is 1. The number of guanidine groups is 1. The molecule has 3 nitrogen and oxygen atoms in total. The highest BCUT2D eigenvalue weighted by molar-refractivity contribution is 14.0. The van der Waals surface area contributed by atoms with Crippen molar-refractivity contribution >= 4 is 29.9 Å². The molecule has 3 N–H and O–H groups in total. The van der Waals surface area contributed by atoms with E-state index in [4.69, 9.17) is 5.73 Å². The molecule has 1 aromatic rings. The Bertz CT molecular complexity index is 501. The summed E-state index contributed by atoms with van der Waals surface area (Å²) in [4.78, 5) is 4.44. The molecule has 2 aliphatic carbocycles. The van der Waals surface area contributed by atoms with Crippen molar-refractivity contribution in [3.8, 4) is 0 Å². The normalized spacial score (nSPS) is 25.8. The second-order valence-corrected chi connectivity index (χ2v) is 6.09. The first kappa shape index (κ1) is 16.6. The molecule has 0 saturated heterocycles. The van der Waals surface area contributed by atoms with Gasteiger partial charge >= 0.3 is 0 Å². The largest absolute Gasteiger partial charge is 0.370 e. The maximum absolute atomic E-state index is 5.99. The predicted molar refractivity (Wildman–Crippen MR) is 99.3 cm³/mol. The van der Waals surface area contributed by atoms with E-state index >= 15 is 0 Å². The van der Waals surface area contributed by atoms with E-state index < -0.39 is 0 Å². The van der Waals surface area contributed by atoms with Crippen molar-refractivity contribution in [1.29, 1.82) is 0 Å². The molecule has 1 aromatic carbocycles. The number of nitrogens with two attached hydrogens (primary N) is 1. The van der Waals surface area contributed by atoms with E-state index in [1.54, 1.807) is 0 Å². The van der Waals surface area contributed by atoms with Crippen molar-refractivity contribution in [2.24, 2.45) is 16.6 Å². The van der Waals surface area contributed by atoms with Crippen LogP contribution < -0.4 is 11.1 Å². The smallest absolute Gasteiger partial charge is 0.188 e. The van der Waals surface area contributed by atoms with Gasteiger partial charge in [0.1, 0.15) is 0 Å². The van der Waals surface area contributed by atoms with Crippen molar-refractivity contribution in [2.45, 2.75) is 51.0 Å². The van der Waals surface area contributed by atoms with E-state index in [2.05, 4.69) is 41.5 Å². The minimum atomic E-state index is 0. The van der Waals surface area contributed by atoms with Crippen molar-refractivity contribution in [1.82, 2.24) is 5.32 Å². The summed E-state index contributed by atoms with van der Waals surface area (Å²) in [5, 5.41) is 3.42. The molecule has 1 fully saturated rings. The zero-order valence-electron chi connectivity index (χ0n) is 12.7. The van der Waals surface area contributed by atoms with E-state index in [1.807, 2.05) is 0 Å². The number of hydrogen-bond acceptors (Lipinski definition) is 1. The van der Waals surface area contributed by atoms with E-state index in [1.165, 1.54) is 36.8 Å². The van der Waals surface area contributed by atoms with Gasteiger partial charge in [0, 0.05) is 18.5 Å². The van der Waals surface area contributed by atoms with Gasteiger partial charge in [-0.1, -0.05) is 50.5 Å². The quantitative estimate of drug-likeness (QED) is 0.333. The molecule has 3 atom stereocenters. The van der Waals surface area contributed by atoms with Crippen LogP contribution in [-0.4, -0.2) is 18.5 Å². The molecule has 1 saturated carbocycles. The molecule has 0 radical (unpaired) electrons. The van der Waals surface area contributed by atoms with Crippen LogP contribution in [0.4, 0.5) is 0 Å². The lowest BCUT2D eigenvalue weighted by atomic mass is 10.1. The van der Waals surface area contributed by atoms with Crippen LogP contribution in [0.2, 0.25) is 0 Å². The lowest BCUT2D eigenvalue weighted by molar-refractivity contribution is 0.671. The van der Waals surface area contributed by atoms with Crippen LogP contribution in [0.1, 0.15) is 49.7 Å². The summed E-state index contributed by atoms with van der Waals surface area (Å²) < 4.78 is 0. The Morgan fingerprint density at radius 3 is 2.90 bits per heavy atom. The molecule has 21 heavy (non-hydrogen) atoms. The summed E-state index contributed by atoms with van der Waals surface area (Å²) in [6.45, 7) is 3.08. The van der Waals surface area contributed by atoms with Gasteiger partial charge in [-0.05, 0) is 29.9 Å². The van der Waals surface area contributed by atoms with Crippen LogP contribution in [0.5, 0.6) is 0 Å². The van der Waals surface area contributed by atoms with Gasteiger partial charge in [0.05, 0.1) is 0 Å². The highest BCUT2D eigenvalue weighted by Crippen LogP contribution is 2.56. The van der Waals surface area contributed by atoms with Crippen LogP contribution in [0.15, 0.2) is 29.3 Å². The molecule has 0 heterocycles. The van der Waals surface area contributed by atoms with Gasteiger partial charge in [-0.25, -0.2) is 0 Å². The molecular formula is C17H26IN3. The van der Waals surface area contributed by atoms with Gasteiger partial charge < -0.3 is 11.1 Å². The maximum atomic E-state index is 5.99. The SMILES string of the molecule is CCCCCCN=C(N)NC1C2Cc3ccccc3C21.I. The first-order chi connectivity index (χ1) is 9.81. The molecule has 116 valence electrons. The number of aliphatic imine (C=N–C) groups is 1. The van der Waals surface area contributed by atoms with Gasteiger partial charge in [-0.3, -0.25) is 4.99 Å². The number of benzene rings is 1. The monoisotopic (exact) mass is 399 g/mol. The van der Waals surface area contributed by atoms with Crippen molar-refractivity contribution in [3.05, 3.63) is 35.4 Å². The van der Waals surface area contributed by atoms with Crippen LogP contribution in [0.25, 0.3) is 0 Å². The zero-order chi connectivity index (χ0) is 13.9. The molecule has 2 aliphatic rings. The summed E-state index contributed by atoms with van der Waals surface area (Å²) in [5.74, 6) is 2.04. The fraction of sp³-hybridized carbons (Fsp3) is 0.588. The molecule has 0 amide bonds. The Balaban J connectivity index is 0.00000161. The third kappa shape index (κ3) is 3.71. The summed E-state index contributed by atoms with van der Waals surface area (Å²) in [6, 6.07) is 9.31. The van der Waals surface area contributed by atoms with Crippen molar-refractivity contribution in [3.63, 3.8) is 0 Å². The van der Waals surface area contributed by atoms with Gasteiger partial charge in [-0.2, -0.15) is 0 Å². The van der Waals surface area contributed by atoms with Crippen LogP contribution in [0, 0.1) is 5.92 Å². The Morgan fingerprint density at radius 2 is 2.10 bits per heavy atom. The molecule has 3 rings (SSSR count). The van der Waals surface area contributed by atoms with E-state index in [0.717, 1.165) is 18.9 Å². The fourth-order valence-electron chi connectivity index (χ4n) is 3.50. The number of nitrogens with zero attached hydrogens (tertiary/aromatic N) is 1.